The first-order chi connectivity index (χ1) is 12.5. The third kappa shape index (κ3) is 2.35. The fourth-order valence-electron chi connectivity index (χ4n) is 2.61. The van der Waals surface area contributed by atoms with Gasteiger partial charge in [-0.2, -0.15) is 0 Å². The Hall–Kier alpha value is -3.81. The quantitative estimate of drug-likeness (QED) is 0.656. The standard InChI is InChI=1S/C18H8FNO6/c19-9-5-6-12-13(21)8-15(25-14(12)7-9)18(24)26-20-16(22)10-3-1-2-4-11(10)17(20)23/h1-8H. The molecule has 8 heteroatoms. The van der Waals surface area contributed by atoms with Crippen molar-refractivity contribution in [2.45, 2.75) is 0 Å². The fraction of sp³-hybridized carbons (Fsp3) is 0. The topological polar surface area (TPSA) is 93.9 Å². The minimum absolute atomic E-state index is 0.0729. The van der Waals surface area contributed by atoms with Gasteiger partial charge in [-0.15, -0.1) is 0 Å². The zero-order valence-electron chi connectivity index (χ0n) is 12.9. The van der Waals surface area contributed by atoms with Gasteiger partial charge >= 0.3 is 5.97 Å². The number of benzene rings is 2. The number of hydrogen-bond acceptors (Lipinski definition) is 6. The number of hydroxylamine groups is 2. The lowest BCUT2D eigenvalue weighted by atomic mass is 10.1. The number of carbonyl (C=O) groups is 3. The molecule has 0 fully saturated rings. The molecule has 0 saturated carbocycles. The molecule has 0 N–H and O–H groups in total. The molecule has 26 heavy (non-hydrogen) atoms. The molecule has 7 nitrogen and oxygen atoms in total. The van der Waals surface area contributed by atoms with Gasteiger partial charge in [0.05, 0.1) is 16.5 Å². The highest BCUT2D eigenvalue weighted by molar-refractivity contribution is 6.21. The number of halogens is 1. The summed E-state index contributed by atoms with van der Waals surface area (Å²) in [5, 5.41) is 0.367. The van der Waals surface area contributed by atoms with Crippen molar-refractivity contribution in [3.05, 3.63) is 81.5 Å². The highest BCUT2D eigenvalue weighted by atomic mass is 19.1. The van der Waals surface area contributed by atoms with E-state index in [-0.39, 0.29) is 22.1 Å². The average molecular weight is 353 g/mol. The van der Waals surface area contributed by atoms with Gasteiger partial charge in [0.1, 0.15) is 11.4 Å². The molecule has 2 aromatic carbocycles. The van der Waals surface area contributed by atoms with E-state index in [1.165, 1.54) is 18.2 Å². The van der Waals surface area contributed by atoms with Crippen LogP contribution in [0.15, 0.2) is 57.7 Å². The Morgan fingerprint density at radius 2 is 1.62 bits per heavy atom. The van der Waals surface area contributed by atoms with Crippen molar-refractivity contribution in [1.29, 1.82) is 0 Å². The monoisotopic (exact) mass is 353 g/mol. The molecule has 0 spiro atoms. The number of imide groups is 1. The van der Waals surface area contributed by atoms with Crippen LogP contribution < -0.4 is 5.43 Å². The molecule has 1 aromatic heterocycles. The van der Waals surface area contributed by atoms with Crippen LogP contribution in [0.1, 0.15) is 31.3 Å². The van der Waals surface area contributed by atoms with E-state index in [0.717, 1.165) is 18.2 Å². The zero-order chi connectivity index (χ0) is 18.4. The molecule has 2 amide bonds. The Morgan fingerprint density at radius 3 is 2.27 bits per heavy atom. The summed E-state index contributed by atoms with van der Waals surface area (Å²) in [4.78, 5) is 53.4. The number of nitrogens with zero attached hydrogens (tertiary/aromatic N) is 1. The van der Waals surface area contributed by atoms with E-state index >= 15 is 0 Å². The molecule has 0 radical (unpaired) electrons. The first kappa shape index (κ1) is 15.7. The largest absolute Gasteiger partial charge is 0.449 e. The minimum Gasteiger partial charge on any atom is -0.449 e. The number of rotatable bonds is 2. The molecule has 3 aromatic rings. The maximum Gasteiger partial charge on any atom is 0.399 e. The first-order valence-corrected chi connectivity index (χ1v) is 7.39. The normalized spacial score (nSPS) is 13.2. The fourth-order valence-corrected chi connectivity index (χ4v) is 2.61. The lowest BCUT2D eigenvalue weighted by Crippen LogP contribution is -2.32. The Kier molecular flexibility index (Phi) is 3.40. The van der Waals surface area contributed by atoms with E-state index in [9.17, 15) is 23.6 Å². The highest BCUT2D eigenvalue weighted by Crippen LogP contribution is 2.23. The summed E-state index contributed by atoms with van der Waals surface area (Å²) in [5.74, 6) is -4.08. The van der Waals surface area contributed by atoms with Crippen molar-refractivity contribution in [2.24, 2.45) is 0 Å². The molecule has 0 atom stereocenters. The van der Waals surface area contributed by atoms with Crippen LogP contribution in [-0.4, -0.2) is 22.8 Å². The number of fused-ring (bicyclic) bond motifs is 2. The Bertz CT molecular complexity index is 1130. The van der Waals surface area contributed by atoms with Crippen molar-refractivity contribution in [1.82, 2.24) is 5.06 Å². The Labute approximate surface area is 144 Å². The second-order valence-electron chi connectivity index (χ2n) is 5.44. The van der Waals surface area contributed by atoms with Crippen molar-refractivity contribution >= 4 is 28.8 Å². The third-order valence-electron chi connectivity index (χ3n) is 3.82. The second-order valence-corrected chi connectivity index (χ2v) is 5.44. The van der Waals surface area contributed by atoms with Gasteiger partial charge in [-0.05, 0) is 24.3 Å². The van der Waals surface area contributed by atoms with Crippen LogP contribution in [0.5, 0.6) is 0 Å². The molecule has 0 saturated heterocycles. The van der Waals surface area contributed by atoms with Crippen molar-refractivity contribution < 1.29 is 28.0 Å². The summed E-state index contributed by atoms with van der Waals surface area (Å²) in [6.45, 7) is 0. The van der Waals surface area contributed by atoms with E-state index in [2.05, 4.69) is 0 Å². The summed E-state index contributed by atoms with van der Waals surface area (Å²) in [5.41, 5.74) is -0.577. The molecule has 128 valence electrons. The van der Waals surface area contributed by atoms with Crippen molar-refractivity contribution in [2.75, 3.05) is 0 Å². The van der Waals surface area contributed by atoms with Crippen LogP contribution >= 0.6 is 0 Å². The van der Waals surface area contributed by atoms with Gasteiger partial charge in [-0.25, -0.2) is 9.18 Å². The molecule has 1 aliphatic rings. The molecule has 0 unspecified atom stereocenters. The maximum atomic E-state index is 13.3. The summed E-state index contributed by atoms with van der Waals surface area (Å²) in [7, 11) is 0. The zero-order valence-corrected chi connectivity index (χ0v) is 12.9. The van der Waals surface area contributed by atoms with Crippen molar-refractivity contribution in [3.63, 3.8) is 0 Å². The van der Waals surface area contributed by atoms with Gasteiger partial charge in [-0.1, -0.05) is 17.2 Å². The molecule has 0 aliphatic carbocycles. The highest BCUT2D eigenvalue weighted by Gasteiger charge is 2.39. The van der Waals surface area contributed by atoms with Crippen LogP contribution in [0.3, 0.4) is 0 Å². The van der Waals surface area contributed by atoms with Gasteiger partial charge in [0.2, 0.25) is 5.76 Å². The number of hydrogen-bond donors (Lipinski definition) is 0. The summed E-state index contributed by atoms with van der Waals surface area (Å²) >= 11 is 0. The number of amides is 2. The van der Waals surface area contributed by atoms with Crippen LogP contribution in [-0.2, 0) is 4.84 Å². The van der Waals surface area contributed by atoms with Gasteiger partial charge in [0, 0.05) is 12.1 Å². The average Bonchev–Trinajstić information content (AvgIpc) is 2.86. The summed E-state index contributed by atoms with van der Waals surface area (Å²) < 4.78 is 18.5. The van der Waals surface area contributed by atoms with E-state index in [1.54, 1.807) is 12.1 Å². The third-order valence-corrected chi connectivity index (χ3v) is 3.82. The maximum absolute atomic E-state index is 13.3. The lowest BCUT2D eigenvalue weighted by Gasteiger charge is -2.12. The second kappa shape index (κ2) is 5.62. The van der Waals surface area contributed by atoms with E-state index < -0.39 is 34.8 Å². The van der Waals surface area contributed by atoms with Gasteiger partial charge in [0.15, 0.2) is 5.43 Å². The summed E-state index contributed by atoms with van der Waals surface area (Å²) in [6.07, 6.45) is 0. The summed E-state index contributed by atoms with van der Waals surface area (Å²) in [6, 6.07) is 10.0. The Morgan fingerprint density at radius 1 is 0.962 bits per heavy atom. The number of carbonyl (C=O) groups excluding carboxylic acids is 3. The predicted octanol–water partition coefficient (Wildman–Crippen LogP) is 2.30. The smallest absolute Gasteiger partial charge is 0.399 e. The van der Waals surface area contributed by atoms with E-state index in [1.807, 2.05) is 0 Å². The van der Waals surface area contributed by atoms with Crippen LogP contribution in [0.25, 0.3) is 11.0 Å². The van der Waals surface area contributed by atoms with Crippen LogP contribution in [0.2, 0.25) is 0 Å². The molecule has 1 aliphatic heterocycles. The predicted molar refractivity (Wildman–Crippen MR) is 84.8 cm³/mol. The van der Waals surface area contributed by atoms with Crippen molar-refractivity contribution in [3.8, 4) is 0 Å². The first-order valence-electron chi connectivity index (χ1n) is 7.39. The minimum atomic E-state index is -1.23. The van der Waals surface area contributed by atoms with Gasteiger partial charge < -0.3 is 9.25 Å². The molecular formula is C18H8FNO6. The van der Waals surface area contributed by atoms with Gasteiger partial charge in [0.25, 0.3) is 11.8 Å². The van der Waals surface area contributed by atoms with E-state index in [0.29, 0.717) is 5.06 Å². The lowest BCUT2D eigenvalue weighted by molar-refractivity contribution is -0.0603. The van der Waals surface area contributed by atoms with Crippen LogP contribution in [0.4, 0.5) is 4.39 Å². The molecule has 2 heterocycles. The molecule has 0 bridgehead atoms. The molecular weight excluding hydrogens is 345 g/mol. The molecule has 4 rings (SSSR count). The van der Waals surface area contributed by atoms with E-state index in [4.69, 9.17) is 9.25 Å². The van der Waals surface area contributed by atoms with Crippen LogP contribution in [0, 0.1) is 5.82 Å². The Balaban J connectivity index is 1.68. The SMILES string of the molecule is O=C(ON1C(=O)c2ccccc2C1=O)c1cc(=O)c2ccc(F)cc2o1. The van der Waals surface area contributed by atoms with Gasteiger partial charge in [-0.3, -0.25) is 14.4 Å².